The number of thioether (sulfide) groups is 1. The molecule has 1 aliphatic heterocycles. The van der Waals surface area contributed by atoms with E-state index < -0.39 is 35.8 Å². The Labute approximate surface area is 203 Å². The van der Waals surface area contributed by atoms with Gasteiger partial charge in [0.2, 0.25) is 5.92 Å². The van der Waals surface area contributed by atoms with E-state index in [1.165, 1.54) is 17.3 Å². The molecule has 2 saturated carbocycles. The first kappa shape index (κ1) is 24.2. The third-order valence-corrected chi connectivity index (χ3v) is 9.00. The summed E-state index contributed by atoms with van der Waals surface area (Å²) in [6.07, 6.45) is -0.471. The van der Waals surface area contributed by atoms with Gasteiger partial charge in [-0.15, -0.1) is 11.8 Å². The topological polar surface area (TPSA) is 69.9 Å². The zero-order valence-electron chi connectivity index (χ0n) is 19.5. The number of halogens is 2. The van der Waals surface area contributed by atoms with Gasteiger partial charge in [0.1, 0.15) is 29.9 Å². The molecule has 0 amide bonds. The lowest BCUT2D eigenvalue weighted by atomic mass is 9.81. The van der Waals surface area contributed by atoms with E-state index in [4.69, 9.17) is 4.74 Å². The van der Waals surface area contributed by atoms with Crippen molar-refractivity contribution in [1.82, 2.24) is 0 Å². The number of rotatable bonds is 5. The maximum atomic E-state index is 13.7. The number of fused-ring (bicyclic) bond motifs is 1. The molecule has 0 bridgehead atoms. The highest BCUT2D eigenvalue weighted by Crippen LogP contribution is 2.65. The summed E-state index contributed by atoms with van der Waals surface area (Å²) in [4.78, 5) is 0. The summed E-state index contributed by atoms with van der Waals surface area (Å²) in [7, 11) is 0. The molecular weight excluding hydrogens is 458 g/mol. The van der Waals surface area contributed by atoms with Crippen LogP contribution in [0.3, 0.4) is 0 Å². The summed E-state index contributed by atoms with van der Waals surface area (Å²) in [6.45, 7) is 2.03. The van der Waals surface area contributed by atoms with Gasteiger partial charge in [0.15, 0.2) is 0 Å². The largest absolute Gasteiger partial charge is 0.387 e. The van der Waals surface area contributed by atoms with E-state index >= 15 is 0 Å². The Kier molecular flexibility index (Phi) is 6.30. The molecule has 1 heterocycles. The van der Waals surface area contributed by atoms with Crippen molar-refractivity contribution in [2.24, 2.45) is 5.92 Å². The summed E-state index contributed by atoms with van der Waals surface area (Å²) in [5.41, 5.74) is 4.59. The maximum Gasteiger partial charge on any atom is 0.248 e. The summed E-state index contributed by atoms with van der Waals surface area (Å²) in [5.74, 6) is -2.41. The number of aryl methyl sites for hydroxylation is 1. The molecule has 7 atom stereocenters. The Balaban J connectivity index is 1.32. The Morgan fingerprint density at radius 3 is 2.38 bits per heavy atom. The lowest BCUT2D eigenvalue weighted by molar-refractivity contribution is -0.200. The summed E-state index contributed by atoms with van der Waals surface area (Å²) in [6, 6.07) is 14.3. The lowest BCUT2D eigenvalue weighted by Gasteiger charge is -2.40. The van der Waals surface area contributed by atoms with Crippen LogP contribution in [0.1, 0.15) is 59.6 Å². The fourth-order valence-electron chi connectivity index (χ4n) is 5.87. The molecule has 2 aliphatic carbocycles. The molecule has 2 aromatic rings. The van der Waals surface area contributed by atoms with Crippen molar-refractivity contribution in [1.29, 1.82) is 0 Å². The van der Waals surface area contributed by atoms with Crippen LogP contribution in [0.4, 0.5) is 8.78 Å². The SMILES string of the molecule is CS[C@H]1OC(c2ccc(C)c(Cc3ccc(C45CCC(F)(F)CC4C5)cc3)c2)[C@H](O)[C@@H](O)[C@@H]1O. The molecule has 3 fully saturated rings. The normalized spacial score (nSPS) is 36.7. The van der Waals surface area contributed by atoms with Crippen LogP contribution in [-0.2, 0) is 16.6 Å². The van der Waals surface area contributed by atoms with Gasteiger partial charge >= 0.3 is 0 Å². The minimum Gasteiger partial charge on any atom is -0.387 e. The molecule has 0 spiro atoms. The number of aliphatic hydroxyl groups excluding tert-OH is 3. The van der Waals surface area contributed by atoms with Crippen LogP contribution in [0.2, 0.25) is 0 Å². The first-order chi connectivity index (χ1) is 16.1. The van der Waals surface area contributed by atoms with Crippen LogP contribution in [0.25, 0.3) is 0 Å². The third kappa shape index (κ3) is 4.30. The molecule has 2 aromatic carbocycles. The molecule has 3 N–H and O–H groups in total. The molecule has 5 rings (SSSR count). The molecule has 34 heavy (non-hydrogen) atoms. The number of alkyl halides is 2. The molecule has 4 nitrogen and oxygen atoms in total. The van der Waals surface area contributed by atoms with Gasteiger partial charge in [-0.3, -0.25) is 0 Å². The zero-order chi connectivity index (χ0) is 24.3. The number of aliphatic hydroxyl groups is 3. The van der Waals surface area contributed by atoms with Gasteiger partial charge < -0.3 is 20.1 Å². The highest BCUT2D eigenvalue weighted by molar-refractivity contribution is 7.99. The smallest absolute Gasteiger partial charge is 0.248 e. The highest BCUT2D eigenvalue weighted by Gasteiger charge is 2.61. The second-order valence-corrected chi connectivity index (χ2v) is 11.2. The Hall–Kier alpha value is -1.51. The van der Waals surface area contributed by atoms with Crippen LogP contribution < -0.4 is 0 Å². The van der Waals surface area contributed by atoms with Crippen LogP contribution in [0, 0.1) is 12.8 Å². The number of ether oxygens (including phenoxy) is 1. The quantitative estimate of drug-likeness (QED) is 0.576. The fourth-order valence-corrected chi connectivity index (χ4v) is 6.54. The maximum absolute atomic E-state index is 13.7. The summed E-state index contributed by atoms with van der Waals surface area (Å²) >= 11 is 1.30. The van der Waals surface area contributed by atoms with Crippen molar-refractivity contribution < 1.29 is 28.8 Å². The monoisotopic (exact) mass is 490 g/mol. The molecular formula is C27H32F2O4S. The summed E-state index contributed by atoms with van der Waals surface area (Å²) < 4.78 is 33.4. The first-order valence-electron chi connectivity index (χ1n) is 11.9. The van der Waals surface area contributed by atoms with Crippen molar-refractivity contribution in [2.75, 3.05) is 6.26 Å². The third-order valence-electron chi connectivity index (χ3n) is 8.14. The van der Waals surface area contributed by atoms with Crippen LogP contribution in [-0.4, -0.2) is 51.2 Å². The van der Waals surface area contributed by atoms with Gasteiger partial charge in [0, 0.05) is 12.8 Å². The van der Waals surface area contributed by atoms with Crippen molar-refractivity contribution in [2.45, 2.75) is 80.2 Å². The van der Waals surface area contributed by atoms with Crippen LogP contribution in [0.5, 0.6) is 0 Å². The minimum atomic E-state index is -2.51. The Bertz CT molecular complexity index is 1040. The van der Waals surface area contributed by atoms with Gasteiger partial charge in [0.25, 0.3) is 0 Å². The predicted molar refractivity (Wildman–Crippen MR) is 128 cm³/mol. The van der Waals surface area contributed by atoms with Crippen molar-refractivity contribution in [3.8, 4) is 0 Å². The Morgan fingerprint density at radius 1 is 0.971 bits per heavy atom. The average molecular weight is 491 g/mol. The van der Waals surface area contributed by atoms with Gasteiger partial charge in [-0.25, -0.2) is 8.78 Å². The van der Waals surface area contributed by atoms with Crippen LogP contribution >= 0.6 is 11.8 Å². The zero-order valence-corrected chi connectivity index (χ0v) is 20.3. The molecule has 184 valence electrons. The van der Waals surface area contributed by atoms with Crippen molar-refractivity contribution in [3.05, 3.63) is 70.3 Å². The van der Waals surface area contributed by atoms with Gasteiger partial charge in [-0.05, 0) is 71.6 Å². The van der Waals surface area contributed by atoms with E-state index in [2.05, 4.69) is 24.3 Å². The number of hydrogen-bond acceptors (Lipinski definition) is 5. The second-order valence-electron chi connectivity index (χ2n) is 10.3. The molecule has 7 heteroatoms. The van der Waals surface area contributed by atoms with E-state index in [0.29, 0.717) is 12.8 Å². The van der Waals surface area contributed by atoms with E-state index in [1.54, 1.807) is 6.26 Å². The lowest BCUT2D eigenvalue weighted by Crippen LogP contribution is -2.52. The highest BCUT2D eigenvalue weighted by atomic mass is 32.2. The van der Waals surface area contributed by atoms with E-state index in [1.807, 2.05) is 25.1 Å². The fraction of sp³-hybridized carbons (Fsp3) is 0.556. The molecule has 3 aliphatic rings. The summed E-state index contributed by atoms with van der Waals surface area (Å²) in [5, 5.41) is 31.0. The minimum absolute atomic E-state index is 0.0128. The molecule has 0 radical (unpaired) electrons. The number of benzene rings is 2. The first-order valence-corrected chi connectivity index (χ1v) is 13.2. The predicted octanol–water partition coefficient (Wildman–Crippen LogP) is 4.51. The van der Waals surface area contributed by atoms with E-state index in [0.717, 1.165) is 28.7 Å². The standard InChI is InChI=1S/C27H32F2O4S/c1-15-3-6-17(24-22(31)21(30)23(32)25(33-24)34-2)12-18(15)11-16-4-7-19(8-5-16)26-9-10-27(28,29)14-20(26)13-26/h3-8,12,20-25,30-32H,9-11,13-14H2,1-2H3/t20?,21-,22-,23+,24?,25-,26?/m1/s1. The van der Waals surface area contributed by atoms with Gasteiger partial charge in [-0.1, -0.05) is 42.5 Å². The van der Waals surface area contributed by atoms with E-state index in [-0.39, 0.29) is 24.2 Å². The molecule has 0 aromatic heterocycles. The average Bonchev–Trinajstić information content (AvgIpc) is 3.53. The second kappa shape index (κ2) is 8.86. The van der Waals surface area contributed by atoms with Crippen LogP contribution in [0.15, 0.2) is 42.5 Å². The van der Waals surface area contributed by atoms with Gasteiger partial charge in [0.05, 0.1) is 0 Å². The number of hydrogen-bond donors (Lipinski definition) is 3. The van der Waals surface area contributed by atoms with Gasteiger partial charge in [-0.2, -0.15) is 0 Å². The molecule has 3 unspecified atom stereocenters. The van der Waals surface area contributed by atoms with Crippen molar-refractivity contribution in [3.63, 3.8) is 0 Å². The van der Waals surface area contributed by atoms with E-state index in [9.17, 15) is 24.1 Å². The van der Waals surface area contributed by atoms with Crippen molar-refractivity contribution >= 4 is 11.8 Å². The Morgan fingerprint density at radius 2 is 1.71 bits per heavy atom. The molecule has 1 saturated heterocycles.